The maximum Gasteiger partial charge on any atom is 0.236 e. The van der Waals surface area contributed by atoms with Gasteiger partial charge in [0, 0.05) is 16.6 Å². The van der Waals surface area contributed by atoms with Gasteiger partial charge in [0.2, 0.25) is 5.91 Å². The summed E-state index contributed by atoms with van der Waals surface area (Å²) in [4.78, 5) is 12.8. The number of nitrogens with one attached hydrogen (secondary N) is 1. The van der Waals surface area contributed by atoms with Crippen LogP contribution in [0.25, 0.3) is 0 Å². The third-order valence-corrected chi connectivity index (χ3v) is 5.55. The molecule has 1 aromatic rings. The second-order valence-corrected chi connectivity index (χ2v) is 7.20. The quantitative estimate of drug-likeness (QED) is 0.836. The van der Waals surface area contributed by atoms with E-state index in [4.69, 9.17) is 5.73 Å². The largest absolute Gasteiger partial charge is 0.399 e. The third kappa shape index (κ3) is 3.39. The van der Waals surface area contributed by atoms with Crippen molar-refractivity contribution >= 4 is 22.4 Å². The first-order chi connectivity index (χ1) is 9.49. The van der Waals surface area contributed by atoms with Gasteiger partial charge in [-0.15, -0.1) is 0 Å². The Labute approximate surface area is 122 Å². The number of carbonyl (C=O) groups is 1. The summed E-state index contributed by atoms with van der Waals surface area (Å²) in [6.07, 6.45) is 4.39. The fourth-order valence-corrected chi connectivity index (χ4v) is 3.79. The molecule has 3 N–H and O–H groups in total. The van der Waals surface area contributed by atoms with Crippen molar-refractivity contribution in [2.24, 2.45) is 0 Å². The lowest BCUT2D eigenvalue weighted by atomic mass is 10.2. The van der Waals surface area contributed by atoms with E-state index in [0.29, 0.717) is 10.6 Å². The van der Waals surface area contributed by atoms with Gasteiger partial charge in [-0.3, -0.25) is 9.00 Å². The Balaban J connectivity index is 2.07. The molecule has 0 spiro atoms. The second-order valence-electron chi connectivity index (χ2n) is 5.45. The van der Waals surface area contributed by atoms with Crippen LogP contribution in [0.2, 0.25) is 0 Å². The lowest BCUT2D eigenvalue weighted by molar-refractivity contribution is -0.121. The number of rotatable bonds is 4. The zero-order valence-electron chi connectivity index (χ0n) is 12.0. The number of benzene rings is 1. The molecular weight excluding hydrogens is 272 g/mol. The number of nitrogen functional groups attached to an aromatic ring is 1. The summed E-state index contributed by atoms with van der Waals surface area (Å²) in [6, 6.07) is 5.57. The van der Waals surface area contributed by atoms with E-state index < -0.39 is 16.0 Å². The van der Waals surface area contributed by atoms with Crippen molar-refractivity contribution < 1.29 is 9.00 Å². The number of hydrogen-bond acceptors (Lipinski definition) is 3. The molecule has 20 heavy (non-hydrogen) atoms. The highest BCUT2D eigenvalue weighted by Gasteiger charge is 2.26. The minimum atomic E-state index is -1.37. The molecule has 4 nitrogen and oxygen atoms in total. The summed E-state index contributed by atoms with van der Waals surface area (Å²) in [6.45, 7) is 3.59. The van der Waals surface area contributed by atoms with Gasteiger partial charge in [-0.2, -0.15) is 0 Å². The van der Waals surface area contributed by atoms with E-state index in [1.807, 2.05) is 13.0 Å². The molecule has 0 aromatic heterocycles. The van der Waals surface area contributed by atoms with Crippen molar-refractivity contribution in [2.75, 3.05) is 5.73 Å². The van der Waals surface area contributed by atoms with E-state index in [1.165, 1.54) is 0 Å². The van der Waals surface area contributed by atoms with Crippen molar-refractivity contribution in [3.63, 3.8) is 0 Å². The van der Waals surface area contributed by atoms with Gasteiger partial charge in [-0.1, -0.05) is 18.9 Å². The molecule has 1 aliphatic carbocycles. The summed E-state index contributed by atoms with van der Waals surface area (Å²) in [5, 5.41) is 2.44. The molecule has 1 fully saturated rings. The molecule has 1 aromatic carbocycles. The number of carbonyl (C=O) groups excluding carboxylic acids is 1. The van der Waals surface area contributed by atoms with Crippen molar-refractivity contribution in [2.45, 2.75) is 55.7 Å². The van der Waals surface area contributed by atoms with Crippen LogP contribution in [0.5, 0.6) is 0 Å². The summed E-state index contributed by atoms with van der Waals surface area (Å²) < 4.78 is 12.5. The fraction of sp³-hybridized carbons (Fsp3) is 0.533. The van der Waals surface area contributed by atoms with E-state index >= 15 is 0 Å². The van der Waals surface area contributed by atoms with Crippen LogP contribution < -0.4 is 11.1 Å². The van der Waals surface area contributed by atoms with Crippen LogP contribution in [-0.4, -0.2) is 21.4 Å². The van der Waals surface area contributed by atoms with Crippen molar-refractivity contribution in [3.05, 3.63) is 23.8 Å². The van der Waals surface area contributed by atoms with E-state index in [2.05, 4.69) is 5.32 Å². The van der Waals surface area contributed by atoms with Gasteiger partial charge >= 0.3 is 0 Å². The third-order valence-electron chi connectivity index (χ3n) is 3.82. The predicted molar refractivity (Wildman–Crippen MR) is 81.9 cm³/mol. The SMILES string of the molecule is Cc1ccc(N)cc1S(=O)C(C)C(=O)NC1CCCC1. The monoisotopic (exact) mass is 294 g/mol. The van der Waals surface area contributed by atoms with E-state index in [-0.39, 0.29) is 11.9 Å². The molecule has 0 radical (unpaired) electrons. The number of hydrogen-bond donors (Lipinski definition) is 2. The summed E-state index contributed by atoms with van der Waals surface area (Å²) in [7, 11) is -1.37. The highest BCUT2D eigenvalue weighted by molar-refractivity contribution is 7.86. The molecule has 0 aliphatic heterocycles. The fourth-order valence-electron chi connectivity index (χ4n) is 2.51. The number of amides is 1. The lowest BCUT2D eigenvalue weighted by Crippen LogP contribution is -2.40. The van der Waals surface area contributed by atoms with Gasteiger partial charge in [0.05, 0.1) is 10.8 Å². The van der Waals surface area contributed by atoms with Crippen molar-refractivity contribution in [1.29, 1.82) is 0 Å². The normalized spacial score (nSPS) is 18.7. The maximum atomic E-state index is 12.5. The Kier molecular flexibility index (Phi) is 4.81. The second kappa shape index (κ2) is 6.39. The first-order valence-corrected chi connectivity index (χ1v) is 8.27. The molecule has 0 saturated heterocycles. The summed E-state index contributed by atoms with van der Waals surface area (Å²) in [5.41, 5.74) is 7.21. The highest BCUT2D eigenvalue weighted by atomic mass is 32.2. The summed E-state index contributed by atoms with van der Waals surface area (Å²) >= 11 is 0. The first kappa shape index (κ1) is 15.0. The Hall–Kier alpha value is -1.36. The number of aryl methyl sites for hydroxylation is 1. The van der Waals surface area contributed by atoms with E-state index in [1.54, 1.807) is 19.1 Å². The predicted octanol–water partition coefficient (Wildman–Crippen LogP) is 2.13. The van der Waals surface area contributed by atoms with E-state index in [9.17, 15) is 9.00 Å². The van der Waals surface area contributed by atoms with Crippen LogP contribution in [0.15, 0.2) is 23.1 Å². The molecule has 110 valence electrons. The van der Waals surface area contributed by atoms with Crippen LogP contribution in [0.1, 0.15) is 38.2 Å². The van der Waals surface area contributed by atoms with Crippen LogP contribution in [0.4, 0.5) is 5.69 Å². The van der Waals surface area contributed by atoms with Crippen molar-refractivity contribution in [1.82, 2.24) is 5.32 Å². The van der Waals surface area contributed by atoms with Crippen LogP contribution in [0.3, 0.4) is 0 Å². The van der Waals surface area contributed by atoms with Gasteiger partial charge < -0.3 is 11.1 Å². The first-order valence-electron chi connectivity index (χ1n) is 7.06. The highest BCUT2D eigenvalue weighted by Crippen LogP contribution is 2.21. The molecule has 0 bridgehead atoms. The maximum absolute atomic E-state index is 12.5. The van der Waals surface area contributed by atoms with Gasteiger partial charge in [0.15, 0.2) is 0 Å². The van der Waals surface area contributed by atoms with Gasteiger partial charge in [0.1, 0.15) is 5.25 Å². The molecule has 2 rings (SSSR count). The Morgan fingerprint density at radius 1 is 1.40 bits per heavy atom. The number of nitrogens with two attached hydrogens (primary N) is 1. The molecule has 1 amide bonds. The molecule has 5 heteroatoms. The molecular formula is C15H22N2O2S. The van der Waals surface area contributed by atoms with Gasteiger partial charge in [-0.05, 0) is 44.4 Å². The zero-order valence-corrected chi connectivity index (χ0v) is 12.8. The molecule has 2 atom stereocenters. The van der Waals surface area contributed by atoms with E-state index in [0.717, 1.165) is 31.2 Å². The minimum Gasteiger partial charge on any atom is -0.399 e. The van der Waals surface area contributed by atoms with Crippen LogP contribution in [-0.2, 0) is 15.6 Å². The smallest absolute Gasteiger partial charge is 0.236 e. The van der Waals surface area contributed by atoms with Gasteiger partial charge in [0.25, 0.3) is 0 Å². The minimum absolute atomic E-state index is 0.128. The van der Waals surface area contributed by atoms with Crippen molar-refractivity contribution in [3.8, 4) is 0 Å². The van der Waals surface area contributed by atoms with Crippen LogP contribution >= 0.6 is 0 Å². The van der Waals surface area contributed by atoms with Crippen LogP contribution in [0, 0.1) is 6.92 Å². The molecule has 0 heterocycles. The summed E-state index contributed by atoms with van der Waals surface area (Å²) in [5.74, 6) is -0.128. The average Bonchev–Trinajstić information content (AvgIpc) is 2.92. The Morgan fingerprint density at radius 3 is 2.70 bits per heavy atom. The Bertz CT molecular complexity index is 525. The lowest BCUT2D eigenvalue weighted by Gasteiger charge is -2.17. The molecule has 1 aliphatic rings. The topological polar surface area (TPSA) is 72.2 Å². The average molecular weight is 294 g/mol. The number of anilines is 1. The molecule has 1 saturated carbocycles. The molecule has 2 unspecified atom stereocenters. The standard InChI is InChI=1S/C15H22N2O2S/c1-10-7-8-12(16)9-14(10)20(19)11(2)15(18)17-13-5-3-4-6-13/h7-9,11,13H,3-6,16H2,1-2H3,(H,17,18). The zero-order chi connectivity index (χ0) is 14.7. The Morgan fingerprint density at radius 2 is 2.05 bits per heavy atom. The van der Waals surface area contributed by atoms with Gasteiger partial charge in [-0.25, -0.2) is 0 Å².